The molecule has 1 amide bonds. The number of ether oxygens (including phenoxy) is 1. The number of rotatable bonds is 5. The van der Waals surface area contributed by atoms with Gasteiger partial charge in [0, 0.05) is 11.6 Å². The highest BCUT2D eigenvalue weighted by atomic mass is 19.4. The molecule has 0 saturated carbocycles. The van der Waals surface area contributed by atoms with Crippen LogP contribution in [0.4, 0.5) is 13.2 Å². The van der Waals surface area contributed by atoms with Gasteiger partial charge in [-0.2, -0.15) is 13.2 Å². The number of alkyl halides is 3. The van der Waals surface area contributed by atoms with Gasteiger partial charge in [0.1, 0.15) is 0 Å². The molecule has 1 atom stereocenters. The van der Waals surface area contributed by atoms with Crippen LogP contribution in [0.3, 0.4) is 0 Å². The number of hydrogen-bond donors (Lipinski definition) is 1. The van der Waals surface area contributed by atoms with Crippen molar-refractivity contribution in [1.29, 1.82) is 0 Å². The zero-order chi connectivity index (χ0) is 18.4. The number of hydrogen-bond acceptors (Lipinski definition) is 3. The van der Waals surface area contributed by atoms with E-state index in [9.17, 15) is 22.8 Å². The van der Waals surface area contributed by atoms with Crippen molar-refractivity contribution in [3.8, 4) is 0 Å². The number of esters is 1. The normalized spacial score (nSPS) is 12.8. The van der Waals surface area contributed by atoms with E-state index in [2.05, 4.69) is 0 Å². The van der Waals surface area contributed by atoms with Gasteiger partial charge in [-0.15, -0.1) is 0 Å². The molecule has 130 valence electrons. The van der Waals surface area contributed by atoms with Gasteiger partial charge in [-0.1, -0.05) is 42.5 Å². The maximum atomic E-state index is 12.5. The molecule has 25 heavy (non-hydrogen) atoms. The summed E-state index contributed by atoms with van der Waals surface area (Å²) in [6.07, 6.45) is -3.37. The minimum atomic E-state index is -4.43. The van der Waals surface area contributed by atoms with Crippen LogP contribution < -0.4 is 5.73 Å². The predicted molar refractivity (Wildman–Crippen MR) is 84.9 cm³/mol. The zero-order valence-electron chi connectivity index (χ0n) is 12.9. The Balaban J connectivity index is 2.05. The van der Waals surface area contributed by atoms with Crippen LogP contribution in [0.1, 0.15) is 22.8 Å². The molecule has 7 heteroatoms. The van der Waals surface area contributed by atoms with Gasteiger partial charge in [0.2, 0.25) is 6.10 Å². The highest BCUT2D eigenvalue weighted by Crippen LogP contribution is 2.29. The maximum absolute atomic E-state index is 12.5. The molecule has 0 aromatic heterocycles. The van der Waals surface area contributed by atoms with Crippen molar-refractivity contribution in [3.63, 3.8) is 0 Å². The van der Waals surface area contributed by atoms with E-state index in [0.717, 1.165) is 18.2 Å². The fraction of sp³-hybridized carbons (Fsp3) is 0.111. The lowest BCUT2D eigenvalue weighted by Crippen LogP contribution is -2.25. The summed E-state index contributed by atoms with van der Waals surface area (Å²) in [6.45, 7) is 0. The van der Waals surface area contributed by atoms with Crippen LogP contribution in [0.15, 0.2) is 60.7 Å². The van der Waals surface area contributed by atoms with Gasteiger partial charge < -0.3 is 10.5 Å². The van der Waals surface area contributed by atoms with Crippen molar-refractivity contribution in [2.75, 3.05) is 0 Å². The molecule has 2 aromatic carbocycles. The second-order valence-corrected chi connectivity index (χ2v) is 5.08. The summed E-state index contributed by atoms with van der Waals surface area (Å²) < 4.78 is 42.5. The van der Waals surface area contributed by atoms with Crippen molar-refractivity contribution >= 4 is 18.0 Å². The summed E-state index contributed by atoms with van der Waals surface area (Å²) >= 11 is 0. The Morgan fingerprint density at radius 3 is 2.12 bits per heavy atom. The average Bonchev–Trinajstić information content (AvgIpc) is 2.58. The monoisotopic (exact) mass is 349 g/mol. The summed E-state index contributed by atoms with van der Waals surface area (Å²) in [7, 11) is 0. The van der Waals surface area contributed by atoms with Gasteiger partial charge in [0.05, 0.1) is 5.56 Å². The van der Waals surface area contributed by atoms with Gasteiger partial charge in [-0.05, 0) is 23.8 Å². The third kappa shape index (κ3) is 5.20. The van der Waals surface area contributed by atoms with Gasteiger partial charge in [-0.3, -0.25) is 4.79 Å². The predicted octanol–water partition coefficient (Wildman–Crippen LogP) is 3.49. The Labute approximate surface area is 141 Å². The summed E-state index contributed by atoms with van der Waals surface area (Å²) in [6, 6.07) is 12.5. The highest BCUT2D eigenvalue weighted by molar-refractivity contribution is 5.90. The van der Waals surface area contributed by atoms with Crippen LogP contribution in [-0.4, -0.2) is 11.9 Å². The highest BCUT2D eigenvalue weighted by Gasteiger charge is 2.29. The Hall–Kier alpha value is -3.09. The van der Waals surface area contributed by atoms with E-state index in [-0.39, 0.29) is 0 Å². The molecule has 1 unspecified atom stereocenters. The third-order valence-corrected chi connectivity index (χ3v) is 3.24. The van der Waals surface area contributed by atoms with Gasteiger partial charge in [0.25, 0.3) is 5.91 Å². The minimum Gasteiger partial charge on any atom is -0.444 e. The molecule has 0 radical (unpaired) electrons. The Morgan fingerprint density at radius 2 is 1.60 bits per heavy atom. The first-order chi connectivity index (χ1) is 11.8. The van der Waals surface area contributed by atoms with Crippen molar-refractivity contribution in [1.82, 2.24) is 0 Å². The summed E-state index contributed by atoms with van der Waals surface area (Å²) in [5.74, 6) is -1.67. The standard InChI is InChI=1S/C18H14F3NO3/c19-18(20,21)14-9-6-12(7-10-14)8-11-15(23)25-16(17(22)24)13-4-2-1-3-5-13/h1-11,16H,(H2,22,24)/b11-8+. The van der Waals surface area contributed by atoms with E-state index in [0.29, 0.717) is 11.1 Å². The number of amides is 1. The summed E-state index contributed by atoms with van der Waals surface area (Å²) in [5.41, 5.74) is 5.25. The largest absolute Gasteiger partial charge is 0.444 e. The first-order valence-electron chi connectivity index (χ1n) is 7.17. The van der Waals surface area contributed by atoms with E-state index in [1.807, 2.05) is 0 Å². The first kappa shape index (κ1) is 18.3. The van der Waals surface area contributed by atoms with Crippen LogP contribution in [-0.2, 0) is 20.5 Å². The summed E-state index contributed by atoms with van der Waals surface area (Å²) in [4.78, 5) is 23.3. The first-order valence-corrected chi connectivity index (χ1v) is 7.17. The fourth-order valence-corrected chi connectivity index (χ4v) is 2.02. The van der Waals surface area contributed by atoms with Gasteiger partial charge >= 0.3 is 12.1 Å². The number of halogens is 3. The lowest BCUT2D eigenvalue weighted by atomic mass is 10.1. The van der Waals surface area contributed by atoms with Crippen LogP contribution in [0.2, 0.25) is 0 Å². The van der Waals surface area contributed by atoms with E-state index < -0.39 is 29.7 Å². The zero-order valence-corrected chi connectivity index (χ0v) is 12.9. The molecule has 0 aliphatic rings. The Morgan fingerprint density at radius 1 is 1.00 bits per heavy atom. The molecule has 0 saturated heterocycles. The number of benzene rings is 2. The minimum absolute atomic E-state index is 0.375. The molecular formula is C18H14F3NO3. The van der Waals surface area contributed by atoms with Crippen molar-refractivity contribution in [2.45, 2.75) is 12.3 Å². The lowest BCUT2D eigenvalue weighted by molar-refractivity contribution is -0.150. The number of nitrogens with two attached hydrogens (primary N) is 1. The Kier molecular flexibility index (Phi) is 5.59. The molecule has 0 fully saturated rings. The lowest BCUT2D eigenvalue weighted by Gasteiger charge is -2.13. The molecular weight excluding hydrogens is 335 g/mol. The topological polar surface area (TPSA) is 69.4 Å². The second-order valence-electron chi connectivity index (χ2n) is 5.08. The van der Waals surface area contributed by atoms with Gasteiger partial charge in [-0.25, -0.2) is 4.79 Å². The molecule has 0 heterocycles. The molecule has 0 bridgehead atoms. The van der Waals surface area contributed by atoms with Gasteiger partial charge in [0.15, 0.2) is 0 Å². The number of carbonyl (C=O) groups is 2. The molecule has 2 N–H and O–H groups in total. The van der Waals surface area contributed by atoms with Crippen molar-refractivity contribution in [2.24, 2.45) is 5.73 Å². The SMILES string of the molecule is NC(=O)C(OC(=O)/C=C/c1ccc(C(F)(F)F)cc1)c1ccccc1. The molecule has 2 aromatic rings. The molecule has 0 aliphatic heterocycles. The molecule has 4 nitrogen and oxygen atoms in total. The molecule has 0 aliphatic carbocycles. The van der Waals surface area contributed by atoms with Crippen LogP contribution in [0, 0.1) is 0 Å². The van der Waals surface area contributed by atoms with E-state index in [1.165, 1.54) is 18.2 Å². The second kappa shape index (κ2) is 7.65. The van der Waals surface area contributed by atoms with Crippen molar-refractivity contribution < 1.29 is 27.5 Å². The number of carbonyl (C=O) groups excluding carboxylic acids is 2. The Bertz CT molecular complexity index is 768. The average molecular weight is 349 g/mol. The van der Waals surface area contributed by atoms with Crippen LogP contribution in [0.5, 0.6) is 0 Å². The fourth-order valence-electron chi connectivity index (χ4n) is 2.02. The van der Waals surface area contributed by atoms with E-state index >= 15 is 0 Å². The third-order valence-electron chi connectivity index (χ3n) is 3.24. The smallest absolute Gasteiger partial charge is 0.416 e. The summed E-state index contributed by atoms with van der Waals surface area (Å²) in [5, 5.41) is 0. The van der Waals surface area contributed by atoms with E-state index in [1.54, 1.807) is 30.3 Å². The van der Waals surface area contributed by atoms with E-state index in [4.69, 9.17) is 10.5 Å². The van der Waals surface area contributed by atoms with Crippen molar-refractivity contribution in [3.05, 3.63) is 77.4 Å². The maximum Gasteiger partial charge on any atom is 0.416 e. The molecule has 2 rings (SSSR count). The quantitative estimate of drug-likeness (QED) is 0.664. The molecule has 0 spiro atoms. The van der Waals surface area contributed by atoms with Crippen LogP contribution >= 0.6 is 0 Å². The number of primary amides is 1. The van der Waals surface area contributed by atoms with Crippen LogP contribution in [0.25, 0.3) is 6.08 Å².